The summed E-state index contributed by atoms with van der Waals surface area (Å²) in [5, 5.41) is 0. The van der Waals surface area contributed by atoms with Gasteiger partial charge in [0.05, 0.1) is 12.2 Å². The normalized spacial score (nSPS) is 10.6. The van der Waals surface area contributed by atoms with Gasteiger partial charge in [-0.05, 0) is 66.6 Å². The van der Waals surface area contributed by atoms with Crippen LogP contribution in [-0.4, -0.2) is 31.8 Å². The fourth-order valence-electron chi connectivity index (χ4n) is 2.76. The van der Waals surface area contributed by atoms with Gasteiger partial charge in [-0.15, -0.1) is 0 Å². The Morgan fingerprint density at radius 3 is 2.06 bits per heavy atom. The third kappa shape index (κ3) is 8.18. The minimum Gasteiger partial charge on any atom is -0.494 e. The third-order valence-electron chi connectivity index (χ3n) is 4.40. The third-order valence-corrected chi connectivity index (χ3v) is 4.40. The molecule has 0 atom stereocenters. The topological polar surface area (TPSA) is 71.1 Å². The number of hydrogen-bond acceptors (Lipinski definition) is 6. The smallest absolute Gasteiger partial charge is 0.338 e. The van der Waals surface area contributed by atoms with Crippen LogP contribution in [0.2, 0.25) is 0 Å². The molecule has 0 bridgehead atoms. The second kappa shape index (κ2) is 12.7. The second-order valence-corrected chi connectivity index (χ2v) is 6.99. The number of carbonyl (C=O) groups excluding carboxylic acids is 2. The first-order valence-corrected chi connectivity index (χ1v) is 10.7. The van der Waals surface area contributed by atoms with E-state index in [1.165, 1.54) is 6.08 Å². The highest BCUT2D eigenvalue weighted by atomic mass is 16.6. The van der Waals surface area contributed by atoms with E-state index in [1.54, 1.807) is 30.3 Å². The van der Waals surface area contributed by atoms with Crippen molar-refractivity contribution in [3.05, 3.63) is 96.1 Å². The lowest BCUT2D eigenvalue weighted by atomic mass is 10.2. The van der Waals surface area contributed by atoms with Crippen molar-refractivity contribution in [2.75, 3.05) is 19.8 Å². The molecule has 0 aliphatic heterocycles. The molecule has 0 radical (unpaired) electrons. The molecule has 6 nitrogen and oxygen atoms in total. The van der Waals surface area contributed by atoms with Gasteiger partial charge in [0.25, 0.3) is 0 Å². The minimum absolute atomic E-state index is 0.126. The summed E-state index contributed by atoms with van der Waals surface area (Å²) in [5.41, 5.74) is 1.21. The van der Waals surface area contributed by atoms with Crippen LogP contribution in [0.5, 0.6) is 17.2 Å². The number of hydrogen-bond donors (Lipinski definition) is 0. The van der Waals surface area contributed by atoms with E-state index in [2.05, 4.69) is 0 Å². The zero-order valence-electron chi connectivity index (χ0n) is 18.4. The summed E-state index contributed by atoms with van der Waals surface area (Å²) in [6.07, 6.45) is 3.95. The van der Waals surface area contributed by atoms with Gasteiger partial charge in [-0.3, -0.25) is 0 Å². The maximum Gasteiger partial charge on any atom is 0.338 e. The Morgan fingerprint density at radius 1 is 0.727 bits per heavy atom. The van der Waals surface area contributed by atoms with Crippen molar-refractivity contribution in [3.63, 3.8) is 0 Å². The second-order valence-electron chi connectivity index (χ2n) is 6.99. The summed E-state index contributed by atoms with van der Waals surface area (Å²) in [6, 6.07) is 22.9. The largest absolute Gasteiger partial charge is 0.494 e. The van der Waals surface area contributed by atoms with Crippen LogP contribution < -0.4 is 14.2 Å². The highest BCUT2D eigenvalue weighted by Gasteiger charge is 2.08. The molecule has 33 heavy (non-hydrogen) atoms. The quantitative estimate of drug-likeness (QED) is 0.172. The molecule has 0 saturated heterocycles. The molecule has 0 unspecified atom stereocenters. The Balaban J connectivity index is 1.42. The monoisotopic (exact) mass is 446 g/mol. The number of carbonyl (C=O) groups is 2. The van der Waals surface area contributed by atoms with Gasteiger partial charge in [0.1, 0.15) is 30.5 Å². The van der Waals surface area contributed by atoms with E-state index in [-0.39, 0.29) is 13.2 Å². The SMILES string of the molecule is CCCOc1ccc(/C=C/C(=O)Oc2ccc(C(=O)OCCOc3ccccc3)cc2)cc1. The van der Waals surface area contributed by atoms with Crippen LogP contribution in [0.25, 0.3) is 6.08 Å². The highest BCUT2D eigenvalue weighted by molar-refractivity contribution is 5.90. The molecular formula is C27H26O6. The number of rotatable bonds is 11. The summed E-state index contributed by atoms with van der Waals surface area (Å²) in [4.78, 5) is 24.2. The van der Waals surface area contributed by atoms with Crippen LogP contribution in [0.1, 0.15) is 29.3 Å². The summed E-state index contributed by atoms with van der Waals surface area (Å²) < 4.78 is 21.5. The zero-order chi connectivity index (χ0) is 23.3. The van der Waals surface area contributed by atoms with Crippen LogP contribution in [0, 0.1) is 0 Å². The maximum absolute atomic E-state index is 12.1. The maximum atomic E-state index is 12.1. The molecule has 3 rings (SSSR count). The number of benzene rings is 3. The minimum atomic E-state index is -0.519. The van der Waals surface area contributed by atoms with E-state index < -0.39 is 11.9 Å². The molecule has 0 fully saturated rings. The van der Waals surface area contributed by atoms with Crippen molar-refractivity contribution >= 4 is 18.0 Å². The first-order valence-electron chi connectivity index (χ1n) is 10.7. The predicted molar refractivity (Wildman–Crippen MR) is 126 cm³/mol. The van der Waals surface area contributed by atoms with Crippen molar-refractivity contribution in [3.8, 4) is 17.2 Å². The van der Waals surface area contributed by atoms with Crippen molar-refractivity contribution in [2.45, 2.75) is 13.3 Å². The molecule has 0 N–H and O–H groups in total. The Kier molecular flexibility index (Phi) is 9.09. The van der Waals surface area contributed by atoms with Crippen molar-refractivity contribution in [1.29, 1.82) is 0 Å². The average Bonchev–Trinajstić information content (AvgIpc) is 2.85. The average molecular weight is 446 g/mol. The fourth-order valence-corrected chi connectivity index (χ4v) is 2.76. The summed E-state index contributed by atoms with van der Waals surface area (Å²) >= 11 is 0. The molecule has 3 aromatic rings. The molecule has 170 valence electrons. The predicted octanol–water partition coefficient (Wildman–Crippen LogP) is 5.33. The number of esters is 2. The van der Waals surface area contributed by atoms with E-state index in [1.807, 2.05) is 61.5 Å². The van der Waals surface area contributed by atoms with Crippen LogP contribution in [-0.2, 0) is 9.53 Å². The summed E-state index contributed by atoms with van der Waals surface area (Å²) in [6.45, 7) is 3.10. The van der Waals surface area contributed by atoms with Crippen molar-refractivity contribution in [1.82, 2.24) is 0 Å². The molecule has 0 aliphatic rings. The van der Waals surface area contributed by atoms with Gasteiger partial charge >= 0.3 is 11.9 Å². The Morgan fingerprint density at radius 2 is 1.36 bits per heavy atom. The molecule has 0 spiro atoms. The van der Waals surface area contributed by atoms with E-state index in [9.17, 15) is 9.59 Å². The number of para-hydroxylation sites is 1. The molecule has 0 aliphatic carbocycles. The van der Waals surface area contributed by atoms with Crippen LogP contribution in [0.4, 0.5) is 0 Å². The summed E-state index contributed by atoms with van der Waals surface area (Å²) in [5.74, 6) is 0.841. The Bertz CT molecular complexity index is 1040. The fraction of sp³-hybridized carbons (Fsp3) is 0.185. The van der Waals surface area contributed by atoms with Gasteiger partial charge in [-0.25, -0.2) is 9.59 Å². The van der Waals surface area contributed by atoms with Crippen molar-refractivity contribution < 1.29 is 28.5 Å². The highest BCUT2D eigenvalue weighted by Crippen LogP contribution is 2.16. The van der Waals surface area contributed by atoms with E-state index in [4.69, 9.17) is 18.9 Å². The van der Waals surface area contributed by atoms with Gasteiger partial charge in [-0.2, -0.15) is 0 Å². The lowest BCUT2D eigenvalue weighted by Gasteiger charge is -2.08. The lowest BCUT2D eigenvalue weighted by Crippen LogP contribution is -2.12. The Hall–Kier alpha value is -4.06. The van der Waals surface area contributed by atoms with Crippen LogP contribution in [0.3, 0.4) is 0 Å². The van der Waals surface area contributed by atoms with Gasteiger partial charge in [0.15, 0.2) is 0 Å². The van der Waals surface area contributed by atoms with Gasteiger partial charge in [0, 0.05) is 6.08 Å². The standard InChI is InChI=1S/C27H26O6/c1-2-18-30-24-13-8-21(9-14-24)10-17-26(28)33-25-15-11-22(12-16-25)27(29)32-20-19-31-23-6-4-3-5-7-23/h3-17H,2,18-20H2,1H3/b17-10+. The van der Waals surface area contributed by atoms with Crippen molar-refractivity contribution in [2.24, 2.45) is 0 Å². The van der Waals surface area contributed by atoms with Crippen LogP contribution in [0.15, 0.2) is 84.9 Å². The van der Waals surface area contributed by atoms with Crippen LogP contribution >= 0.6 is 0 Å². The van der Waals surface area contributed by atoms with E-state index in [0.29, 0.717) is 23.7 Å². The van der Waals surface area contributed by atoms with E-state index in [0.717, 1.165) is 17.7 Å². The zero-order valence-corrected chi connectivity index (χ0v) is 18.4. The Labute approximate surface area is 193 Å². The molecule has 3 aromatic carbocycles. The first-order chi connectivity index (χ1) is 16.1. The lowest BCUT2D eigenvalue weighted by molar-refractivity contribution is -0.128. The molecule has 6 heteroatoms. The molecule has 0 amide bonds. The van der Waals surface area contributed by atoms with E-state index >= 15 is 0 Å². The molecular weight excluding hydrogens is 420 g/mol. The van der Waals surface area contributed by atoms with Gasteiger partial charge in [0.2, 0.25) is 0 Å². The molecule has 0 saturated carbocycles. The summed E-state index contributed by atoms with van der Waals surface area (Å²) in [7, 11) is 0. The number of ether oxygens (including phenoxy) is 4. The first kappa shape index (κ1) is 23.6. The molecule has 0 heterocycles. The van der Waals surface area contributed by atoms with Gasteiger partial charge in [-0.1, -0.05) is 37.3 Å². The van der Waals surface area contributed by atoms with Gasteiger partial charge < -0.3 is 18.9 Å². The molecule has 0 aromatic heterocycles.